The summed E-state index contributed by atoms with van der Waals surface area (Å²) in [7, 11) is -3.68. The van der Waals surface area contributed by atoms with Crippen LogP contribution < -0.4 is 9.62 Å². The predicted octanol–water partition coefficient (Wildman–Crippen LogP) is 5.08. The maximum Gasteiger partial charge on any atom is 0.261 e. The van der Waals surface area contributed by atoms with Gasteiger partial charge in [-0.1, -0.05) is 12.1 Å². The maximum absolute atomic E-state index is 12.9. The Morgan fingerprint density at radius 1 is 0.844 bits per heavy atom. The molecule has 4 bridgehead atoms. The molecule has 7 rings (SSSR count). The van der Waals surface area contributed by atoms with Gasteiger partial charge in [-0.25, -0.2) is 8.42 Å². The highest BCUT2D eigenvalue weighted by atomic mass is 32.2. The van der Waals surface area contributed by atoms with Crippen molar-refractivity contribution in [1.82, 2.24) is 0 Å². The van der Waals surface area contributed by atoms with Crippen molar-refractivity contribution in [2.75, 3.05) is 16.2 Å². The molecule has 0 spiro atoms. The van der Waals surface area contributed by atoms with E-state index < -0.39 is 10.0 Å². The molecule has 5 aliphatic rings. The molecule has 0 atom stereocenters. The molecule has 0 radical (unpaired) electrons. The molecule has 32 heavy (non-hydrogen) atoms. The number of hydrogen-bond donors (Lipinski definition) is 1. The lowest BCUT2D eigenvalue weighted by Gasteiger charge is -2.57. The Hall–Kier alpha value is -2.34. The van der Waals surface area contributed by atoms with Crippen LogP contribution in [-0.4, -0.2) is 20.9 Å². The van der Waals surface area contributed by atoms with Gasteiger partial charge in [0, 0.05) is 24.3 Å². The van der Waals surface area contributed by atoms with Gasteiger partial charge >= 0.3 is 0 Å². The van der Waals surface area contributed by atoms with Gasteiger partial charge in [0.25, 0.3) is 10.0 Å². The molecule has 2 aromatic rings. The van der Waals surface area contributed by atoms with E-state index in [0.29, 0.717) is 24.1 Å². The summed E-state index contributed by atoms with van der Waals surface area (Å²) < 4.78 is 28.6. The zero-order valence-corrected chi connectivity index (χ0v) is 19.1. The highest BCUT2D eigenvalue weighted by Gasteiger charge is 2.51. The fraction of sp³-hybridized carbons (Fsp3) is 0.500. The first-order valence-electron chi connectivity index (χ1n) is 11.9. The summed E-state index contributed by atoms with van der Waals surface area (Å²) in [4.78, 5) is 13.8. The van der Waals surface area contributed by atoms with Crippen molar-refractivity contribution in [2.24, 2.45) is 17.8 Å². The second-order valence-corrected chi connectivity index (χ2v) is 12.2. The maximum atomic E-state index is 12.9. The minimum Gasteiger partial charge on any atom is -0.312 e. The topological polar surface area (TPSA) is 66.5 Å². The van der Waals surface area contributed by atoms with E-state index in [9.17, 15) is 13.2 Å². The largest absolute Gasteiger partial charge is 0.312 e. The first kappa shape index (κ1) is 20.3. The van der Waals surface area contributed by atoms with Gasteiger partial charge in [0.15, 0.2) is 0 Å². The Morgan fingerprint density at radius 2 is 1.44 bits per heavy atom. The molecule has 1 heterocycles. The lowest BCUT2D eigenvalue weighted by atomic mass is 9.48. The minimum atomic E-state index is -3.68. The fourth-order valence-corrected chi connectivity index (χ4v) is 8.36. The number of amides is 1. The van der Waals surface area contributed by atoms with Crippen LogP contribution >= 0.6 is 0 Å². The smallest absolute Gasteiger partial charge is 0.261 e. The lowest BCUT2D eigenvalue weighted by molar-refractivity contribution is -0.117. The summed E-state index contributed by atoms with van der Waals surface area (Å²) in [6.45, 7) is 0.694. The second-order valence-electron chi connectivity index (χ2n) is 10.5. The molecule has 4 aliphatic carbocycles. The van der Waals surface area contributed by atoms with Crippen LogP contribution in [-0.2, 0) is 20.2 Å². The van der Waals surface area contributed by atoms with Crippen LogP contribution in [0.1, 0.15) is 56.9 Å². The van der Waals surface area contributed by atoms with Gasteiger partial charge in [-0.15, -0.1) is 0 Å². The van der Waals surface area contributed by atoms with E-state index in [0.717, 1.165) is 29.9 Å². The number of anilines is 2. The highest BCUT2D eigenvalue weighted by molar-refractivity contribution is 7.92. The third-order valence-electron chi connectivity index (χ3n) is 8.32. The van der Waals surface area contributed by atoms with Crippen LogP contribution in [0.4, 0.5) is 11.4 Å². The van der Waals surface area contributed by atoms with Gasteiger partial charge < -0.3 is 4.90 Å². The SMILES string of the molecule is O=C1CCCN1c1ccc(S(=O)(=O)Nc2ccc(C34CC5CC(CC(C5)C3)C4)cc2)cc1. The van der Waals surface area contributed by atoms with Crippen LogP contribution in [0.15, 0.2) is 53.4 Å². The quantitative estimate of drug-likeness (QED) is 0.691. The van der Waals surface area contributed by atoms with Crippen molar-refractivity contribution < 1.29 is 13.2 Å². The predicted molar refractivity (Wildman–Crippen MR) is 125 cm³/mol. The summed E-state index contributed by atoms with van der Waals surface area (Å²) in [6.07, 6.45) is 9.56. The van der Waals surface area contributed by atoms with Crippen LogP contribution in [0.2, 0.25) is 0 Å². The van der Waals surface area contributed by atoms with Gasteiger partial charge in [-0.3, -0.25) is 9.52 Å². The summed E-state index contributed by atoms with van der Waals surface area (Å²) in [5.41, 5.74) is 3.05. The number of hydrogen-bond acceptors (Lipinski definition) is 3. The van der Waals surface area contributed by atoms with E-state index in [1.807, 2.05) is 12.1 Å². The third-order valence-corrected chi connectivity index (χ3v) is 9.72. The van der Waals surface area contributed by atoms with E-state index in [1.165, 1.54) is 44.1 Å². The fourth-order valence-electron chi connectivity index (χ4n) is 7.30. The standard InChI is InChI=1S/C26H30N2O3S/c29-25-2-1-11-28(25)23-7-9-24(10-8-23)32(30,31)27-22-5-3-21(4-6-22)26-15-18-12-19(16-26)14-20(13-18)17-26/h3-10,18-20,27H,1-2,11-17H2. The van der Waals surface area contributed by atoms with Gasteiger partial charge in [0.1, 0.15) is 0 Å². The molecule has 0 unspecified atom stereocenters. The molecule has 1 amide bonds. The van der Waals surface area contributed by atoms with Crippen molar-refractivity contribution >= 4 is 27.3 Å². The number of sulfonamides is 1. The Bertz CT molecular complexity index is 1100. The monoisotopic (exact) mass is 450 g/mol. The second kappa shape index (κ2) is 7.34. The van der Waals surface area contributed by atoms with E-state index in [2.05, 4.69) is 16.9 Å². The summed E-state index contributed by atoms with van der Waals surface area (Å²) >= 11 is 0. The van der Waals surface area contributed by atoms with E-state index in [4.69, 9.17) is 0 Å². The molecule has 0 aromatic heterocycles. The zero-order chi connectivity index (χ0) is 21.9. The van der Waals surface area contributed by atoms with E-state index >= 15 is 0 Å². The molecule has 1 saturated heterocycles. The van der Waals surface area contributed by atoms with Gasteiger partial charge in [-0.05, 0) is 110 Å². The normalized spacial score (nSPS) is 31.3. The van der Waals surface area contributed by atoms with Crippen molar-refractivity contribution in [3.05, 3.63) is 54.1 Å². The Kier molecular flexibility index (Phi) is 4.65. The van der Waals surface area contributed by atoms with Crippen molar-refractivity contribution in [1.29, 1.82) is 0 Å². The van der Waals surface area contributed by atoms with Crippen LogP contribution in [0.3, 0.4) is 0 Å². The number of nitrogens with one attached hydrogen (secondary N) is 1. The third kappa shape index (κ3) is 3.43. The first-order valence-corrected chi connectivity index (χ1v) is 13.4. The van der Waals surface area contributed by atoms with Gasteiger partial charge in [0.2, 0.25) is 5.91 Å². The molecule has 5 nitrogen and oxygen atoms in total. The van der Waals surface area contributed by atoms with Crippen LogP contribution in [0.25, 0.3) is 0 Å². The summed E-state index contributed by atoms with van der Waals surface area (Å²) in [5, 5.41) is 0. The van der Waals surface area contributed by atoms with E-state index in [-0.39, 0.29) is 10.8 Å². The Balaban J connectivity index is 1.18. The van der Waals surface area contributed by atoms with Crippen molar-refractivity contribution in [3.63, 3.8) is 0 Å². The number of carbonyl (C=O) groups is 1. The average Bonchev–Trinajstić information content (AvgIpc) is 3.19. The minimum absolute atomic E-state index is 0.0952. The molecule has 4 saturated carbocycles. The van der Waals surface area contributed by atoms with E-state index in [1.54, 1.807) is 29.2 Å². The van der Waals surface area contributed by atoms with Crippen LogP contribution in [0.5, 0.6) is 0 Å². The number of benzene rings is 2. The average molecular weight is 451 g/mol. The van der Waals surface area contributed by atoms with Gasteiger partial charge in [0.05, 0.1) is 4.90 Å². The Labute approximate surface area is 190 Å². The van der Waals surface area contributed by atoms with Crippen molar-refractivity contribution in [2.45, 2.75) is 61.7 Å². The molecular formula is C26H30N2O3S. The number of carbonyl (C=O) groups excluding carboxylic acids is 1. The highest BCUT2D eigenvalue weighted by Crippen LogP contribution is 2.60. The molecule has 1 N–H and O–H groups in total. The zero-order valence-electron chi connectivity index (χ0n) is 18.3. The van der Waals surface area contributed by atoms with Crippen LogP contribution in [0, 0.1) is 17.8 Å². The molecule has 168 valence electrons. The number of rotatable bonds is 5. The molecule has 5 fully saturated rings. The summed E-state index contributed by atoms with van der Waals surface area (Å²) in [6, 6.07) is 14.7. The molecular weight excluding hydrogens is 420 g/mol. The summed E-state index contributed by atoms with van der Waals surface area (Å²) in [5.74, 6) is 2.76. The molecule has 1 aliphatic heterocycles. The van der Waals surface area contributed by atoms with Gasteiger partial charge in [-0.2, -0.15) is 0 Å². The Morgan fingerprint density at radius 3 is 1.97 bits per heavy atom. The van der Waals surface area contributed by atoms with Crippen molar-refractivity contribution in [3.8, 4) is 0 Å². The number of nitrogens with zero attached hydrogens (tertiary/aromatic N) is 1. The lowest BCUT2D eigenvalue weighted by Crippen LogP contribution is -2.48. The molecule has 2 aromatic carbocycles. The first-order chi connectivity index (χ1) is 15.4. The molecule has 6 heteroatoms.